The zero-order chi connectivity index (χ0) is 17.1. The lowest BCUT2D eigenvalue weighted by molar-refractivity contribution is -0.114. The number of hydrogen-bond donors (Lipinski definition) is 3. The second-order valence-corrected chi connectivity index (χ2v) is 5.38. The highest BCUT2D eigenvalue weighted by atomic mass is 16.1. The molecule has 0 aromatic carbocycles. The first-order chi connectivity index (χ1) is 11.6. The largest absolute Gasteiger partial charge is 0.383 e. The van der Waals surface area contributed by atoms with Gasteiger partial charge in [0.1, 0.15) is 5.82 Å². The van der Waals surface area contributed by atoms with Crippen LogP contribution < -0.4 is 16.4 Å². The van der Waals surface area contributed by atoms with Gasteiger partial charge in [0.2, 0.25) is 5.91 Å². The highest BCUT2D eigenvalue weighted by Gasteiger charge is 2.09. The van der Waals surface area contributed by atoms with Crippen LogP contribution in [0.15, 0.2) is 30.6 Å². The van der Waals surface area contributed by atoms with Crippen molar-refractivity contribution >= 4 is 23.2 Å². The average molecular weight is 325 g/mol. The van der Waals surface area contributed by atoms with Gasteiger partial charge in [-0.25, -0.2) is 14.5 Å². The summed E-state index contributed by atoms with van der Waals surface area (Å²) in [7, 11) is 0. The second kappa shape index (κ2) is 6.63. The van der Waals surface area contributed by atoms with E-state index >= 15 is 0 Å². The van der Waals surface area contributed by atoms with Crippen LogP contribution in [0.1, 0.15) is 19.4 Å². The molecule has 1 amide bonds. The summed E-state index contributed by atoms with van der Waals surface area (Å²) in [6.45, 7) is 4.99. The molecule has 3 rings (SSSR count). The van der Waals surface area contributed by atoms with Crippen LogP contribution in [0.25, 0.3) is 16.9 Å². The Morgan fingerprint density at radius 3 is 2.96 bits per heavy atom. The molecule has 0 radical (unpaired) electrons. The maximum atomic E-state index is 11.1. The molecule has 0 bridgehead atoms. The fourth-order valence-corrected chi connectivity index (χ4v) is 2.34. The van der Waals surface area contributed by atoms with E-state index in [1.54, 1.807) is 16.9 Å². The molecule has 4 N–H and O–H groups in total. The number of nitrogens with one attached hydrogen (secondary N) is 2. The third-order valence-electron chi connectivity index (χ3n) is 3.49. The molecule has 0 saturated heterocycles. The monoisotopic (exact) mass is 325 g/mol. The predicted octanol–water partition coefficient (Wildman–Crippen LogP) is 1.44. The molecule has 0 aliphatic heterocycles. The van der Waals surface area contributed by atoms with Gasteiger partial charge in [-0.05, 0) is 24.7 Å². The van der Waals surface area contributed by atoms with Crippen LogP contribution in [0.4, 0.5) is 11.6 Å². The number of rotatable bonds is 5. The minimum absolute atomic E-state index is 0.172. The lowest BCUT2D eigenvalue weighted by Gasteiger charge is -2.08. The quantitative estimate of drug-likeness (QED) is 0.655. The van der Waals surface area contributed by atoms with E-state index in [-0.39, 0.29) is 5.91 Å². The average Bonchev–Trinajstić information content (AvgIpc) is 2.94. The lowest BCUT2D eigenvalue weighted by atomic mass is 10.1. The van der Waals surface area contributed by atoms with Crippen molar-refractivity contribution in [2.24, 2.45) is 0 Å². The maximum absolute atomic E-state index is 11.1. The fraction of sp³-hybridized carbons (Fsp3) is 0.250. The molecule has 3 heterocycles. The normalized spacial score (nSPS) is 10.9. The van der Waals surface area contributed by atoms with Gasteiger partial charge in [-0.2, -0.15) is 5.10 Å². The lowest BCUT2D eigenvalue weighted by Crippen LogP contribution is -2.14. The summed E-state index contributed by atoms with van der Waals surface area (Å²) in [5.74, 6) is 0.807. The molecule has 24 heavy (non-hydrogen) atoms. The van der Waals surface area contributed by atoms with Gasteiger partial charge in [-0.15, -0.1) is 0 Å². The summed E-state index contributed by atoms with van der Waals surface area (Å²) in [6.07, 6.45) is 3.37. The molecule has 0 fully saturated rings. The highest BCUT2D eigenvalue weighted by Crippen LogP contribution is 2.21. The topological polar surface area (TPSA) is 110 Å². The van der Waals surface area contributed by atoms with Crippen LogP contribution in [0, 0.1) is 0 Å². The van der Waals surface area contributed by atoms with E-state index < -0.39 is 0 Å². The summed E-state index contributed by atoms with van der Waals surface area (Å²) in [5, 5.41) is 10.4. The number of amides is 1. The summed E-state index contributed by atoms with van der Waals surface area (Å²) in [6, 6.07) is 5.68. The Bertz CT molecular complexity index is 887. The molecule has 0 saturated carbocycles. The molecular formula is C16H19N7O. The third-order valence-corrected chi connectivity index (χ3v) is 3.49. The zero-order valence-corrected chi connectivity index (χ0v) is 13.6. The van der Waals surface area contributed by atoms with E-state index in [2.05, 4.69) is 25.7 Å². The molecular weight excluding hydrogens is 306 g/mol. The molecule has 0 spiro atoms. The second-order valence-electron chi connectivity index (χ2n) is 5.38. The molecule has 0 unspecified atom stereocenters. The van der Waals surface area contributed by atoms with Gasteiger partial charge in [0.25, 0.3) is 0 Å². The number of nitrogens with zero attached hydrogens (tertiary/aromatic N) is 4. The van der Waals surface area contributed by atoms with Gasteiger partial charge < -0.3 is 16.4 Å². The van der Waals surface area contributed by atoms with Gasteiger partial charge in [-0.1, -0.05) is 6.92 Å². The van der Waals surface area contributed by atoms with Crippen LogP contribution in [-0.2, 0) is 11.3 Å². The summed E-state index contributed by atoms with van der Waals surface area (Å²) >= 11 is 0. The molecule has 3 aromatic rings. The number of fused-ring (bicyclic) bond motifs is 1. The standard InChI is InChI=1S/C16H19N7O/c1-3-18-7-12-6-11(8-19-16(12)17)13-4-5-15-21-14(20-10(2)24)9-23(15)22-13/h4-6,8-9,18H,3,7H2,1-2H3,(H2,17,19)(H,20,24). The Kier molecular flexibility index (Phi) is 4.39. The van der Waals surface area contributed by atoms with Gasteiger partial charge in [0, 0.05) is 30.8 Å². The molecule has 0 aliphatic rings. The summed E-state index contributed by atoms with van der Waals surface area (Å²) in [5.41, 5.74) is 9.12. The Morgan fingerprint density at radius 1 is 1.38 bits per heavy atom. The van der Waals surface area contributed by atoms with E-state index in [1.165, 1.54) is 6.92 Å². The van der Waals surface area contributed by atoms with Gasteiger partial charge in [-0.3, -0.25) is 4.79 Å². The first-order valence-corrected chi connectivity index (χ1v) is 7.66. The van der Waals surface area contributed by atoms with Crippen LogP contribution >= 0.6 is 0 Å². The molecule has 8 nitrogen and oxygen atoms in total. The molecule has 8 heteroatoms. The van der Waals surface area contributed by atoms with Crippen LogP contribution in [0.3, 0.4) is 0 Å². The van der Waals surface area contributed by atoms with Crippen molar-refractivity contribution in [1.82, 2.24) is 24.9 Å². The predicted molar refractivity (Wildman–Crippen MR) is 92.3 cm³/mol. The van der Waals surface area contributed by atoms with Crippen molar-refractivity contribution < 1.29 is 4.79 Å². The third kappa shape index (κ3) is 3.33. The molecule has 3 aromatic heterocycles. The SMILES string of the molecule is CCNCc1cc(-c2ccc3nc(NC(C)=O)cn3n2)cnc1N. The van der Waals surface area contributed by atoms with E-state index in [0.717, 1.165) is 23.4 Å². The Balaban J connectivity index is 1.95. The van der Waals surface area contributed by atoms with Crippen molar-refractivity contribution in [3.63, 3.8) is 0 Å². The molecule has 124 valence electrons. The molecule has 0 aliphatic carbocycles. The van der Waals surface area contributed by atoms with E-state index in [4.69, 9.17) is 5.73 Å². The number of imidazole rings is 1. The summed E-state index contributed by atoms with van der Waals surface area (Å²) in [4.78, 5) is 19.7. The first kappa shape index (κ1) is 15.9. The van der Waals surface area contributed by atoms with E-state index in [9.17, 15) is 4.79 Å². The Labute approximate surface area is 139 Å². The number of carbonyl (C=O) groups excluding carboxylic acids is 1. The van der Waals surface area contributed by atoms with Gasteiger partial charge in [0.15, 0.2) is 11.5 Å². The van der Waals surface area contributed by atoms with Crippen molar-refractivity contribution in [3.8, 4) is 11.3 Å². The summed E-state index contributed by atoms with van der Waals surface area (Å²) < 4.78 is 1.63. The Morgan fingerprint density at radius 2 is 2.21 bits per heavy atom. The van der Waals surface area contributed by atoms with Crippen molar-refractivity contribution in [1.29, 1.82) is 0 Å². The van der Waals surface area contributed by atoms with Crippen LogP contribution in [-0.4, -0.2) is 32.0 Å². The first-order valence-electron chi connectivity index (χ1n) is 7.66. The molecule has 0 atom stereocenters. The number of nitrogen functional groups attached to an aromatic ring is 1. The number of nitrogens with two attached hydrogens (primary N) is 1. The van der Waals surface area contributed by atoms with E-state index in [0.29, 0.717) is 23.8 Å². The Hall–Kier alpha value is -3.00. The fourth-order valence-electron chi connectivity index (χ4n) is 2.34. The van der Waals surface area contributed by atoms with Gasteiger partial charge in [0.05, 0.1) is 11.9 Å². The van der Waals surface area contributed by atoms with Crippen molar-refractivity contribution in [2.75, 3.05) is 17.6 Å². The number of hydrogen-bond acceptors (Lipinski definition) is 6. The smallest absolute Gasteiger partial charge is 0.222 e. The number of pyridine rings is 1. The minimum atomic E-state index is -0.172. The van der Waals surface area contributed by atoms with Crippen molar-refractivity contribution in [3.05, 3.63) is 36.2 Å². The zero-order valence-electron chi connectivity index (χ0n) is 13.6. The van der Waals surface area contributed by atoms with E-state index in [1.807, 2.05) is 25.1 Å². The van der Waals surface area contributed by atoms with Crippen LogP contribution in [0.2, 0.25) is 0 Å². The maximum Gasteiger partial charge on any atom is 0.222 e. The number of aromatic nitrogens is 4. The minimum Gasteiger partial charge on any atom is -0.383 e. The van der Waals surface area contributed by atoms with Gasteiger partial charge >= 0.3 is 0 Å². The van der Waals surface area contributed by atoms with Crippen molar-refractivity contribution in [2.45, 2.75) is 20.4 Å². The number of anilines is 2. The van der Waals surface area contributed by atoms with Crippen LogP contribution in [0.5, 0.6) is 0 Å². The highest BCUT2D eigenvalue weighted by molar-refractivity contribution is 5.87. The number of carbonyl (C=O) groups is 1.